The second-order valence-electron chi connectivity index (χ2n) is 4.02. The van der Waals surface area contributed by atoms with Crippen LogP contribution in [0.4, 0.5) is 0 Å². The van der Waals surface area contributed by atoms with Gasteiger partial charge in [0.15, 0.2) is 0 Å². The Balaban J connectivity index is 2.36. The highest BCUT2D eigenvalue weighted by Gasteiger charge is 2.11. The van der Waals surface area contributed by atoms with E-state index in [0.29, 0.717) is 0 Å². The van der Waals surface area contributed by atoms with Gasteiger partial charge in [-0.1, -0.05) is 18.2 Å². The predicted octanol–water partition coefficient (Wildman–Crippen LogP) is 3.73. The third kappa shape index (κ3) is 1.13. The van der Waals surface area contributed by atoms with Crippen LogP contribution in [0.25, 0.3) is 27.8 Å². The molecule has 4 rings (SSSR count). The number of aromatic amines is 1. The molecule has 1 N–H and O–H groups in total. The maximum absolute atomic E-state index is 4.61. The minimum Gasteiger partial charge on any atom is -0.323 e. The summed E-state index contributed by atoms with van der Waals surface area (Å²) in [6, 6.07) is 14.4. The molecule has 0 radical (unpaired) electrons. The first kappa shape index (κ1) is 9.24. The number of hydrogen-bond acceptors (Lipinski definition) is 1. The fourth-order valence-corrected chi connectivity index (χ4v) is 2.73. The van der Waals surface area contributed by atoms with E-state index in [9.17, 15) is 0 Å². The number of rotatable bonds is 0. The first-order valence-electron chi connectivity index (χ1n) is 5.38. The summed E-state index contributed by atoms with van der Waals surface area (Å²) in [5.41, 5.74) is 4.37. The molecule has 2 heterocycles. The molecular formula is C13H8BrN3. The largest absolute Gasteiger partial charge is 0.323 e. The number of benzene rings is 2. The van der Waals surface area contributed by atoms with E-state index < -0.39 is 0 Å². The van der Waals surface area contributed by atoms with E-state index in [2.05, 4.69) is 48.5 Å². The van der Waals surface area contributed by atoms with Crippen LogP contribution in [0, 0.1) is 0 Å². The van der Waals surface area contributed by atoms with Gasteiger partial charge in [0, 0.05) is 4.47 Å². The SMILES string of the molecule is Brc1cccc2c1nc1[nH]c3ccccc3n12. The molecule has 0 atom stereocenters. The number of fused-ring (bicyclic) bond motifs is 5. The molecule has 2 aromatic carbocycles. The van der Waals surface area contributed by atoms with Crippen molar-refractivity contribution in [2.45, 2.75) is 0 Å². The lowest BCUT2D eigenvalue weighted by Crippen LogP contribution is -1.79. The summed E-state index contributed by atoms with van der Waals surface area (Å²) in [6.07, 6.45) is 0. The average Bonchev–Trinajstić information content (AvgIpc) is 2.85. The Bertz CT molecular complexity index is 857. The molecule has 0 aliphatic carbocycles. The Morgan fingerprint density at radius 1 is 1.00 bits per heavy atom. The van der Waals surface area contributed by atoms with Crippen LogP contribution in [0.15, 0.2) is 46.9 Å². The van der Waals surface area contributed by atoms with Crippen molar-refractivity contribution in [2.24, 2.45) is 0 Å². The van der Waals surface area contributed by atoms with Crippen molar-refractivity contribution in [3.05, 3.63) is 46.9 Å². The Morgan fingerprint density at radius 2 is 1.82 bits per heavy atom. The summed E-state index contributed by atoms with van der Waals surface area (Å²) in [5.74, 6) is 0.883. The lowest BCUT2D eigenvalue weighted by molar-refractivity contribution is 1.28. The molecule has 0 aliphatic rings. The van der Waals surface area contributed by atoms with Gasteiger partial charge in [0.05, 0.1) is 16.6 Å². The zero-order valence-electron chi connectivity index (χ0n) is 8.81. The molecule has 2 aromatic heterocycles. The summed E-state index contributed by atoms with van der Waals surface area (Å²) in [5, 5.41) is 0. The number of nitrogens with zero attached hydrogens (tertiary/aromatic N) is 2. The minimum atomic E-state index is 0.883. The van der Waals surface area contributed by atoms with Gasteiger partial charge in [-0.25, -0.2) is 4.98 Å². The summed E-state index contributed by atoms with van der Waals surface area (Å²) in [7, 11) is 0. The van der Waals surface area contributed by atoms with E-state index in [1.54, 1.807) is 0 Å². The maximum atomic E-state index is 4.61. The van der Waals surface area contributed by atoms with Crippen molar-refractivity contribution >= 4 is 43.8 Å². The summed E-state index contributed by atoms with van der Waals surface area (Å²) < 4.78 is 3.17. The lowest BCUT2D eigenvalue weighted by Gasteiger charge is -1.94. The van der Waals surface area contributed by atoms with Gasteiger partial charge in [-0.2, -0.15) is 0 Å². The number of para-hydroxylation sites is 3. The fraction of sp³-hybridized carbons (Fsp3) is 0. The summed E-state index contributed by atoms with van der Waals surface area (Å²) in [6.45, 7) is 0. The molecule has 0 saturated carbocycles. The van der Waals surface area contributed by atoms with E-state index in [0.717, 1.165) is 32.3 Å². The number of imidazole rings is 2. The van der Waals surface area contributed by atoms with Gasteiger partial charge in [0.1, 0.15) is 5.52 Å². The second kappa shape index (κ2) is 3.11. The maximum Gasteiger partial charge on any atom is 0.213 e. The summed E-state index contributed by atoms with van der Waals surface area (Å²) >= 11 is 3.53. The average molecular weight is 286 g/mol. The number of halogens is 1. The van der Waals surface area contributed by atoms with Gasteiger partial charge in [0.2, 0.25) is 5.78 Å². The first-order chi connectivity index (χ1) is 8.34. The van der Waals surface area contributed by atoms with Crippen molar-refractivity contribution in [3.63, 3.8) is 0 Å². The highest BCUT2D eigenvalue weighted by atomic mass is 79.9. The molecule has 17 heavy (non-hydrogen) atoms. The third-order valence-electron chi connectivity index (χ3n) is 3.03. The molecule has 3 nitrogen and oxygen atoms in total. The van der Waals surface area contributed by atoms with Crippen LogP contribution in [-0.4, -0.2) is 14.4 Å². The predicted molar refractivity (Wildman–Crippen MR) is 72.3 cm³/mol. The molecule has 0 unspecified atom stereocenters. The van der Waals surface area contributed by atoms with Crippen LogP contribution in [0.1, 0.15) is 0 Å². The van der Waals surface area contributed by atoms with Gasteiger partial charge in [-0.3, -0.25) is 4.40 Å². The fourth-order valence-electron chi connectivity index (χ4n) is 2.29. The quantitative estimate of drug-likeness (QED) is 0.525. The zero-order chi connectivity index (χ0) is 11.4. The van der Waals surface area contributed by atoms with Crippen LogP contribution in [0.2, 0.25) is 0 Å². The van der Waals surface area contributed by atoms with Crippen molar-refractivity contribution in [2.75, 3.05) is 0 Å². The molecule has 82 valence electrons. The van der Waals surface area contributed by atoms with Gasteiger partial charge in [-0.05, 0) is 40.2 Å². The van der Waals surface area contributed by atoms with Gasteiger partial charge in [-0.15, -0.1) is 0 Å². The summed E-state index contributed by atoms with van der Waals surface area (Å²) in [4.78, 5) is 7.94. The van der Waals surface area contributed by atoms with Crippen molar-refractivity contribution in [1.29, 1.82) is 0 Å². The van der Waals surface area contributed by atoms with E-state index >= 15 is 0 Å². The highest BCUT2D eigenvalue weighted by molar-refractivity contribution is 9.10. The Labute approximate surface area is 105 Å². The zero-order valence-corrected chi connectivity index (χ0v) is 10.4. The minimum absolute atomic E-state index is 0.883. The van der Waals surface area contributed by atoms with Crippen molar-refractivity contribution < 1.29 is 0 Å². The molecule has 0 amide bonds. The van der Waals surface area contributed by atoms with Crippen molar-refractivity contribution in [3.8, 4) is 0 Å². The van der Waals surface area contributed by atoms with E-state index in [4.69, 9.17) is 0 Å². The van der Waals surface area contributed by atoms with Crippen LogP contribution < -0.4 is 0 Å². The smallest absolute Gasteiger partial charge is 0.213 e. The normalized spacial score (nSPS) is 11.8. The standard InChI is InChI=1S/C13H8BrN3/c14-8-4-3-7-11-12(8)16-13-15-9-5-1-2-6-10(9)17(11)13/h1-7H,(H,15,16). The van der Waals surface area contributed by atoms with E-state index in [1.807, 2.05) is 24.3 Å². The van der Waals surface area contributed by atoms with Gasteiger partial charge >= 0.3 is 0 Å². The van der Waals surface area contributed by atoms with Gasteiger partial charge < -0.3 is 4.98 Å². The molecular weight excluding hydrogens is 278 g/mol. The Kier molecular flexibility index (Phi) is 1.69. The molecule has 0 aliphatic heterocycles. The van der Waals surface area contributed by atoms with Crippen LogP contribution in [0.3, 0.4) is 0 Å². The first-order valence-corrected chi connectivity index (χ1v) is 6.17. The molecule has 0 spiro atoms. The second-order valence-corrected chi connectivity index (χ2v) is 4.87. The monoisotopic (exact) mass is 285 g/mol. The number of aromatic nitrogens is 3. The van der Waals surface area contributed by atoms with Crippen molar-refractivity contribution in [1.82, 2.24) is 14.4 Å². The number of H-pyrrole nitrogens is 1. The molecule has 0 saturated heterocycles. The van der Waals surface area contributed by atoms with E-state index in [-0.39, 0.29) is 0 Å². The van der Waals surface area contributed by atoms with Gasteiger partial charge in [0.25, 0.3) is 0 Å². The lowest BCUT2D eigenvalue weighted by atomic mass is 10.3. The van der Waals surface area contributed by atoms with Crippen LogP contribution in [-0.2, 0) is 0 Å². The number of hydrogen-bond donors (Lipinski definition) is 1. The molecule has 0 fully saturated rings. The molecule has 4 aromatic rings. The number of nitrogens with one attached hydrogen (secondary N) is 1. The molecule has 4 heteroatoms. The van der Waals surface area contributed by atoms with E-state index in [1.165, 1.54) is 0 Å². The Hall–Kier alpha value is -1.81. The Morgan fingerprint density at radius 3 is 2.76 bits per heavy atom. The highest BCUT2D eigenvalue weighted by Crippen LogP contribution is 2.27. The van der Waals surface area contributed by atoms with Crippen LogP contribution >= 0.6 is 15.9 Å². The van der Waals surface area contributed by atoms with Crippen LogP contribution in [0.5, 0.6) is 0 Å². The molecule has 0 bridgehead atoms. The topological polar surface area (TPSA) is 33.1 Å². The third-order valence-corrected chi connectivity index (χ3v) is 3.67.